The molecule has 6 heteroatoms. The zero-order chi connectivity index (χ0) is 12.9. The third-order valence-electron chi connectivity index (χ3n) is 3.95. The Kier molecular flexibility index (Phi) is 2.80. The molecule has 18 heavy (non-hydrogen) atoms. The minimum Gasteiger partial charge on any atom is -0.466 e. The van der Waals surface area contributed by atoms with Crippen molar-refractivity contribution >= 4 is 34.4 Å². The van der Waals surface area contributed by atoms with Crippen LogP contribution in [0.2, 0.25) is 0 Å². The normalized spacial score (nSPS) is 26.3. The van der Waals surface area contributed by atoms with E-state index in [9.17, 15) is 9.59 Å². The molecule has 0 unspecified atom stereocenters. The molecule has 3 rings (SSSR count). The van der Waals surface area contributed by atoms with Gasteiger partial charge in [0.25, 0.3) is 5.91 Å². The van der Waals surface area contributed by atoms with Crippen LogP contribution in [0, 0.1) is 5.92 Å². The Hall–Kier alpha value is -0.790. The van der Waals surface area contributed by atoms with E-state index in [1.165, 1.54) is 0 Å². The molecule has 0 radical (unpaired) electrons. The number of nitrogens with one attached hydrogen (secondary N) is 1. The Balaban J connectivity index is 1.67. The van der Waals surface area contributed by atoms with Crippen LogP contribution < -0.4 is 5.32 Å². The molecule has 5 nitrogen and oxygen atoms in total. The Morgan fingerprint density at radius 3 is 2.72 bits per heavy atom. The molecule has 0 aromatic heterocycles. The van der Waals surface area contributed by atoms with Crippen molar-refractivity contribution in [3.8, 4) is 0 Å². The molecule has 1 aliphatic carbocycles. The average molecular weight is 362 g/mol. The number of hydrogen-bond acceptors (Lipinski definition) is 3. The minimum atomic E-state index is -0.838. The largest absolute Gasteiger partial charge is 0.466 e. The van der Waals surface area contributed by atoms with Gasteiger partial charge in [-0.15, -0.1) is 0 Å². The summed E-state index contributed by atoms with van der Waals surface area (Å²) >= 11 is 2.07. The van der Waals surface area contributed by atoms with Gasteiger partial charge >= 0.3 is 0 Å². The van der Waals surface area contributed by atoms with Gasteiger partial charge < -0.3 is 15.0 Å². The second-order valence-electron chi connectivity index (χ2n) is 5.27. The van der Waals surface area contributed by atoms with E-state index in [0.717, 1.165) is 25.0 Å². The van der Waals surface area contributed by atoms with E-state index in [-0.39, 0.29) is 17.7 Å². The molecule has 1 N–H and O–H groups in total. The van der Waals surface area contributed by atoms with Gasteiger partial charge in [0, 0.05) is 28.5 Å². The molecule has 0 bridgehead atoms. The Bertz CT molecular complexity index is 450. The van der Waals surface area contributed by atoms with Crippen LogP contribution in [0.5, 0.6) is 0 Å². The number of hydrogen-bond donors (Lipinski definition) is 1. The topological polar surface area (TPSA) is 58.6 Å². The molecule has 2 heterocycles. The summed E-state index contributed by atoms with van der Waals surface area (Å²) in [5, 5.41) is 2.81. The fraction of sp³-hybridized carbons (Fsp3) is 0.667. The molecule has 2 amide bonds. The number of halogens is 1. The van der Waals surface area contributed by atoms with Crippen LogP contribution in [0.1, 0.15) is 26.2 Å². The first-order valence-electron chi connectivity index (χ1n) is 6.17. The van der Waals surface area contributed by atoms with Gasteiger partial charge in [-0.1, -0.05) is 6.42 Å². The van der Waals surface area contributed by atoms with E-state index in [1.54, 1.807) is 4.90 Å². The van der Waals surface area contributed by atoms with Crippen LogP contribution in [0.3, 0.4) is 0 Å². The summed E-state index contributed by atoms with van der Waals surface area (Å²) < 4.78 is 6.42. The molecule has 2 aliphatic heterocycles. The van der Waals surface area contributed by atoms with Crippen molar-refractivity contribution in [2.75, 3.05) is 13.1 Å². The number of allylic oxidation sites excluding steroid dienone is 1. The quantitative estimate of drug-likeness (QED) is 0.712. The molecule has 1 saturated carbocycles. The first-order valence-corrected chi connectivity index (χ1v) is 7.25. The molecule has 0 aromatic carbocycles. The van der Waals surface area contributed by atoms with Crippen LogP contribution in [0.25, 0.3) is 0 Å². The predicted molar refractivity (Wildman–Crippen MR) is 72.6 cm³/mol. The van der Waals surface area contributed by atoms with Crippen LogP contribution in [-0.4, -0.2) is 35.4 Å². The van der Waals surface area contributed by atoms with Crippen LogP contribution in [-0.2, 0) is 14.3 Å². The third-order valence-corrected chi connectivity index (χ3v) is 4.98. The lowest BCUT2D eigenvalue weighted by atomic mass is 9.82. The van der Waals surface area contributed by atoms with Gasteiger partial charge in [-0.05, 0) is 19.8 Å². The van der Waals surface area contributed by atoms with Crippen molar-refractivity contribution in [1.82, 2.24) is 10.2 Å². The molecule has 98 valence electrons. The summed E-state index contributed by atoms with van der Waals surface area (Å²) in [6.45, 7) is 2.57. The molecule has 1 spiro atoms. The number of amides is 2. The smallest absolute Gasteiger partial charge is 0.272 e. The summed E-state index contributed by atoms with van der Waals surface area (Å²) in [5.41, 5.74) is -0.0925. The molecule has 0 aromatic rings. The third kappa shape index (κ3) is 1.72. The van der Waals surface area contributed by atoms with E-state index < -0.39 is 5.60 Å². The summed E-state index contributed by atoms with van der Waals surface area (Å²) in [4.78, 5) is 25.7. The molecular formula is C12H15IN2O3. The van der Waals surface area contributed by atoms with Crippen molar-refractivity contribution in [1.29, 1.82) is 0 Å². The molecule has 2 fully saturated rings. The average Bonchev–Trinajstić information content (AvgIpc) is 2.17. The monoisotopic (exact) mass is 362 g/mol. The maximum absolute atomic E-state index is 12.0. The Morgan fingerprint density at radius 1 is 1.50 bits per heavy atom. The van der Waals surface area contributed by atoms with E-state index in [4.69, 9.17) is 4.74 Å². The Morgan fingerprint density at radius 2 is 2.17 bits per heavy atom. The lowest BCUT2D eigenvalue weighted by Gasteiger charge is -2.51. The van der Waals surface area contributed by atoms with Gasteiger partial charge in [-0.3, -0.25) is 9.59 Å². The van der Waals surface area contributed by atoms with Crippen molar-refractivity contribution in [2.45, 2.75) is 31.8 Å². The number of rotatable bonds is 1. The predicted octanol–water partition coefficient (Wildman–Crippen LogP) is 1.14. The van der Waals surface area contributed by atoms with Gasteiger partial charge in [0.2, 0.25) is 11.5 Å². The molecule has 0 atom stereocenters. The van der Waals surface area contributed by atoms with Gasteiger partial charge in [-0.25, -0.2) is 0 Å². The number of ether oxygens (including phenoxy) is 1. The highest BCUT2D eigenvalue weighted by Crippen LogP contribution is 2.37. The number of carbonyl (C=O) groups is 2. The van der Waals surface area contributed by atoms with Gasteiger partial charge in [0.05, 0.1) is 18.8 Å². The standard InChI is InChI=1S/C12H15IN2O3/c1-7-9(13)18-12(11(17)14-7)5-15(6-12)10(16)8-3-2-4-8/h8H,2-6H2,1H3,(H,14,17). The fourth-order valence-electron chi connectivity index (χ4n) is 2.48. The lowest BCUT2D eigenvalue weighted by molar-refractivity contribution is -0.175. The highest BCUT2D eigenvalue weighted by atomic mass is 127. The van der Waals surface area contributed by atoms with Crippen molar-refractivity contribution in [3.63, 3.8) is 0 Å². The SMILES string of the molecule is CC1=C(I)OC2(CN(C(=O)C3CCC3)C2)C(=O)N1. The summed E-state index contributed by atoms with van der Waals surface area (Å²) in [7, 11) is 0. The van der Waals surface area contributed by atoms with Crippen molar-refractivity contribution < 1.29 is 14.3 Å². The highest BCUT2D eigenvalue weighted by molar-refractivity contribution is 14.1. The van der Waals surface area contributed by atoms with Crippen LogP contribution >= 0.6 is 22.6 Å². The maximum atomic E-state index is 12.0. The highest BCUT2D eigenvalue weighted by Gasteiger charge is 2.56. The van der Waals surface area contributed by atoms with Crippen LogP contribution in [0.15, 0.2) is 9.46 Å². The lowest BCUT2D eigenvalue weighted by Crippen LogP contribution is -2.72. The number of carbonyl (C=O) groups excluding carboxylic acids is 2. The van der Waals surface area contributed by atoms with E-state index in [1.807, 2.05) is 6.92 Å². The molecule has 3 aliphatic rings. The van der Waals surface area contributed by atoms with E-state index in [0.29, 0.717) is 16.9 Å². The summed E-state index contributed by atoms with van der Waals surface area (Å²) in [5.74, 6) is 0.244. The summed E-state index contributed by atoms with van der Waals surface area (Å²) in [6.07, 6.45) is 3.13. The van der Waals surface area contributed by atoms with Crippen molar-refractivity contribution in [3.05, 3.63) is 9.46 Å². The molecular weight excluding hydrogens is 347 g/mol. The zero-order valence-electron chi connectivity index (χ0n) is 10.2. The molecule has 1 saturated heterocycles. The van der Waals surface area contributed by atoms with Gasteiger partial charge in [-0.2, -0.15) is 0 Å². The first-order chi connectivity index (χ1) is 8.52. The van der Waals surface area contributed by atoms with Gasteiger partial charge in [0.15, 0.2) is 3.77 Å². The number of nitrogens with zero attached hydrogens (tertiary/aromatic N) is 1. The van der Waals surface area contributed by atoms with Gasteiger partial charge in [0.1, 0.15) is 0 Å². The fourth-order valence-corrected chi connectivity index (χ4v) is 3.03. The second-order valence-corrected chi connectivity index (χ2v) is 6.25. The van der Waals surface area contributed by atoms with E-state index >= 15 is 0 Å². The summed E-state index contributed by atoms with van der Waals surface area (Å²) in [6, 6.07) is 0. The maximum Gasteiger partial charge on any atom is 0.272 e. The number of likely N-dealkylation sites (tertiary alicyclic amines) is 1. The Labute approximate surface area is 119 Å². The van der Waals surface area contributed by atoms with Crippen molar-refractivity contribution in [2.24, 2.45) is 5.92 Å². The van der Waals surface area contributed by atoms with E-state index in [2.05, 4.69) is 27.9 Å². The minimum absolute atomic E-state index is 0.127. The zero-order valence-corrected chi connectivity index (χ0v) is 12.3. The van der Waals surface area contributed by atoms with Crippen LogP contribution in [0.4, 0.5) is 0 Å². The first kappa shape index (κ1) is 12.3. The second kappa shape index (κ2) is 4.11.